The van der Waals surface area contributed by atoms with Crippen LogP contribution in [0, 0.1) is 0 Å². The van der Waals surface area contributed by atoms with Crippen LogP contribution in [0.1, 0.15) is 33.1 Å². The Morgan fingerprint density at radius 1 is 1.21 bits per heavy atom. The molecule has 2 saturated heterocycles. The lowest BCUT2D eigenvalue weighted by Crippen LogP contribution is -2.57. The maximum atomic E-state index is 12.5. The molecule has 0 aromatic heterocycles. The third kappa shape index (κ3) is 3.00. The number of piperidine rings is 1. The molecule has 2 aliphatic heterocycles. The largest absolute Gasteiger partial charge is 0.479 e. The zero-order valence-corrected chi connectivity index (χ0v) is 11.5. The van der Waals surface area contributed by atoms with E-state index in [1.165, 1.54) is 0 Å². The van der Waals surface area contributed by atoms with Gasteiger partial charge in [0.1, 0.15) is 0 Å². The van der Waals surface area contributed by atoms with Crippen LogP contribution in [0.2, 0.25) is 0 Å². The first kappa shape index (κ1) is 14.1. The first-order valence-electron chi connectivity index (χ1n) is 6.92. The van der Waals surface area contributed by atoms with Crippen molar-refractivity contribution in [3.05, 3.63) is 0 Å². The predicted octanol–water partition coefficient (Wildman–Crippen LogP) is 1.15. The molecule has 2 heterocycles. The van der Waals surface area contributed by atoms with Crippen LogP contribution >= 0.6 is 0 Å². The van der Waals surface area contributed by atoms with E-state index in [1.54, 1.807) is 4.90 Å². The number of carbonyl (C=O) groups excluding carboxylic acids is 1. The van der Waals surface area contributed by atoms with Gasteiger partial charge in [-0.3, -0.25) is 0 Å². The average molecular weight is 270 g/mol. The number of likely N-dealkylation sites (tertiary alicyclic amines) is 1. The number of carbonyl (C=O) groups is 2. The van der Waals surface area contributed by atoms with E-state index in [-0.39, 0.29) is 24.7 Å². The molecule has 6 nitrogen and oxygen atoms in total. The lowest BCUT2D eigenvalue weighted by atomic mass is 9.98. The Kier molecular flexibility index (Phi) is 4.29. The van der Waals surface area contributed by atoms with Crippen molar-refractivity contribution in [2.24, 2.45) is 0 Å². The van der Waals surface area contributed by atoms with Gasteiger partial charge in [0.2, 0.25) is 0 Å². The summed E-state index contributed by atoms with van der Waals surface area (Å²) in [6, 6.07) is 0.402. The molecule has 1 N–H and O–H groups in total. The highest BCUT2D eigenvalue weighted by atomic mass is 16.5. The first-order chi connectivity index (χ1) is 9.00. The topological polar surface area (TPSA) is 70.1 Å². The number of carboxylic acids is 1. The second-order valence-electron chi connectivity index (χ2n) is 5.46. The normalized spacial score (nSPS) is 32.2. The molecular formula is C13H22N2O4. The lowest BCUT2D eigenvalue weighted by Gasteiger charge is -2.43. The van der Waals surface area contributed by atoms with Crippen molar-refractivity contribution in [2.45, 2.75) is 51.3 Å². The maximum Gasteiger partial charge on any atom is 0.334 e. The number of amides is 2. The number of hydrogen-bond acceptors (Lipinski definition) is 3. The smallest absolute Gasteiger partial charge is 0.334 e. The SMILES string of the molecule is C[C@@H]1CCC[C@H](C)N1C(=O)N1CCOC(C(=O)O)C1. The van der Waals surface area contributed by atoms with Crippen molar-refractivity contribution in [2.75, 3.05) is 19.7 Å². The van der Waals surface area contributed by atoms with E-state index in [4.69, 9.17) is 9.84 Å². The molecule has 2 fully saturated rings. The summed E-state index contributed by atoms with van der Waals surface area (Å²) in [5.41, 5.74) is 0. The second-order valence-corrected chi connectivity index (χ2v) is 5.46. The molecule has 2 aliphatic rings. The Morgan fingerprint density at radius 2 is 1.84 bits per heavy atom. The summed E-state index contributed by atoms with van der Waals surface area (Å²) in [5.74, 6) is -1.00. The van der Waals surface area contributed by atoms with E-state index >= 15 is 0 Å². The van der Waals surface area contributed by atoms with E-state index < -0.39 is 12.1 Å². The molecule has 3 atom stereocenters. The molecule has 2 amide bonds. The summed E-state index contributed by atoms with van der Waals surface area (Å²) in [6.07, 6.45) is 2.28. The molecule has 1 unspecified atom stereocenters. The molecule has 19 heavy (non-hydrogen) atoms. The minimum atomic E-state index is -1.00. The monoisotopic (exact) mass is 270 g/mol. The third-order valence-corrected chi connectivity index (χ3v) is 4.03. The van der Waals surface area contributed by atoms with Crippen molar-refractivity contribution in [1.82, 2.24) is 9.80 Å². The highest BCUT2D eigenvalue weighted by Gasteiger charge is 2.35. The molecule has 0 aromatic carbocycles. The van der Waals surface area contributed by atoms with Crippen LogP contribution in [0.5, 0.6) is 0 Å². The third-order valence-electron chi connectivity index (χ3n) is 4.03. The Labute approximate surface area is 113 Å². The van der Waals surface area contributed by atoms with Gasteiger partial charge in [0.25, 0.3) is 0 Å². The fraction of sp³-hybridized carbons (Fsp3) is 0.846. The van der Waals surface area contributed by atoms with Gasteiger partial charge in [0, 0.05) is 18.6 Å². The number of urea groups is 1. The van der Waals surface area contributed by atoms with E-state index in [2.05, 4.69) is 13.8 Å². The van der Waals surface area contributed by atoms with Crippen LogP contribution < -0.4 is 0 Å². The molecule has 6 heteroatoms. The van der Waals surface area contributed by atoms with Crippen molar-refractivity contribution in [3.63, 3.8) is 0 Å². The lowest BCUT2D eigenvalue weighted by molar-refractivity contribution is -0.154. The van der Waals surface area contributed by atoms with Gasteiger partial charge in [0.15, 0.2) is 6.10 Å². The minimum absolute atomic E-state index is 0.0470. The Bertz CT molecular complexity index is 351. The molecule has 0 spiro atoms. The van der Waals surface area contributed by atoms with E-state index in [0.29, 0.717) is 13.2 Å². The Morgan fingerprint density at radius 3 is 2.42 bits per heavy atom. The van der Waals surface area contributed by atoms with Crippen LogP contribution in [0.4, 0.5) is 4.79 Å². The van der Waals surface area contributed by atoms with Gasteiger partial charge in [-0.05, 0) is 33.1 Å². The Hall–Kier alpha value is -1.30. The van der Waals surface area contributed by atoms with Gasteiger partial charge < -0.3 is 19.6 Å². The number of morpholine rings is 1. The maximum absolute atomic E-state index is 12.5. The zero-order chi connectivity index (χ0) is 14.0. The second kappa shape index (κ2) is 5.77. The number of aliphatic carboxylic acids is 1. The summed E-state index contributed by atoms with van der Waals surface area (Å²) >= 11 is 0. The van der Waals surface area contributed by atoms with Crippen LogP contribution in [0.3, 0.4) is 0 Å². The van der Waals surface area contributed by atoms with Crippen LogP contribution in [0.15, 0.2) is 0 Å². The van der Waals surface area contributed by atoms with Gasteiger partial charge in [-0.2, -0.15) is 0 Å². The Balaban J connectivity index is 2.03. The van der Waals surface area contributed by atoms with Crippen LogP contribution in [0.25, 0.3) is 0 Å². The van der Waals surface area contributed by atoms with Crippen molar-refractivity contribution >= 4 is 12.0 Å². The molecule has 0 saturated carbocycles. The first-order valence-corrected chi connectivity index (χ1v) is 6.92. The zero-order valence-electron chi connectivity index (χ0n) is 11.5. The molecule has 0 bridgehead atoms. The fourth-order valence-corrected chi connectivity index (χ4v) is 2.93. The summed E-state index contributed by atoms with van der Waals surface area (Å²) in [5, 5.41) is 8.98. The number of rotatable bonds is 1. The van der Waals surface area contributed by atoms with Gasteiger partial charge in [-0.15, -0.1) is 0 Å². The fourth-order valence-electron chi connectivity index (χ4n) is 2.93. The quantitative estimate of drug-likeness (QED) is 0.776. The van der Waals surface area contributed by atoms with Crippen molar-refractivity contribution in [3.8, 4) is 0 Å². The van der Waals surface area contributed by atoms with Gasteiger partial charge in [-0.1, -0.05) is 0 Å². The van der Waals surface area contributed by atoms with Gasteiger partial charge in [0.05, 0.1) is 13.2 Å². The van der Waals surface area contributed by atoms with E-state index in [1.807, 2.05) is 4.90 Å². The standard InChI is InChI=1S/C13H22N2O4/c1-9-4-3-5-10(2)15(9)13(18)14-6-7-19-11(8-14)12(16)17/h9-11H,3-8H2,1-2H3,(H,16,17)/t9-,10+,11?. The van der Waals surface area contributed by atoms with Crippen molar-refractivity contribution < 1.29 is 19.4 Å². The molecule has 108 valence electrons. The number of nitrogens with zero attached hydrogens (tertiary/aromatic N) is 2. The minimum Gasteiger partial charge on any atom is -0.479 e. The van der Waals surface area contributed by atoms with E-state index in [9.17, 15) is 9.59 Å². The number of ether oxygens (including phenoxy) is 1. The number of carboxylic acid groups (broad SMARTS) is 1. The van der Waals surface area contributed by atoms with Crippen molar-refractivity contribution in [1.29, 1.82) is 0 Å². The number of hydrogen-bond donors (Lipinski definition) is 1. The highest BCUT2D eigenvalue weighted by molar-refractivity contribution is 5.78. The summed E-state index contributed by atoms with van der Waals surface area (Å²) in [7, 11) is 0. The summed E-state index contributed by atoms with van der Waals surface area (Å²) < 4.78 is 5.15. The molecule has 0 radical (unpaired) electrons. The molecular weight excluding hydrogens is 248 g/mol. The van der Waals surface area contributed by atoms with Crippen LogP contribution in [-0.4, -0.2) is 64.8 Å². The predicted molar refractivity (Wildman–Crippen MR) is 69.0 cm³/mol. The highest BCUT2D eigenvalue weighted by Crippen LogP contribution is 2.24. The molecule has 0 aliphatic carbocycles. The molecule has 0 aromatic rings. The molecule has 2 rings (SSSR count). The average Bonchev–Trinajstić information content (AvgIpc) is 2.38. The summed E-state index contributed by atoms with van der Waals surface area (Å²) in [6.45, 7) is 5.02. The van der Waals surface area contributed by atoms with Gasteiger partial charge >= 0.3 is 12.0 Å². The van der Waals surface area contributed by atoms with Gasteiger partial charge in [-0.25, -0.2) is 9.59 Å². The van der Waals surface area contributed by atoms with Crippen LogP contribution in [-0.2, 0) is 9.53 Å². The van der Waals surface area contributed by atoms with E-state index in [0.717, 1.165) is 19.3 Å². The summed E-state index contributed by atoms with van der Waals surface area (Å²) in [4.78, 5) is 27.0.